The third-order valence-electron chi connectivity index (χ3n) is 7.36. The summed E-state index contributed by atoms with van der Waals surface area (Å²) in [7, 11) is 0. The zero-order chi connectivity index (χ0) is 23.9. The minimum Gasteiger partial charge on any atom is -0.297 e. The van der Waals surface area contributed by atoms with E-state index in [-0.39, 0.29) is 11.6 Å². The van der Waals surface area contributed by atoms with Gasteiger partial charge in [-0.25, -0.2) is 0 Å². The zero-order valence-electron chi connectivity index (χ0n) is 20.2. The third-order valence-corrected chi connectivity index (χ3v) is 7.36. The van der Waals surface area contributed by atoms with E-state index in [1.165, 1.54) is 16.7 Å². The number of Topliss-reactive ketones (excluding diaryl/α,β-unsaturated/α-hetero) is 2. The van der Waals surface area contributed by atoms with E-state index in [0.29, 0.717) is 29.9 Å². The Morgan fingerprint density at radius 3 is 2.18 bits per heavy atom. The molecule has 5 rings (SSSR count). The summed E-state index contributed by atoms with van der Waals surface area (Å²) >= 11 is 0. The van der Waals surface area contributed by atoms with Crippen LogP contribution in [0.4, 0.5) is 0 Å². The topological polar surface area (TPSA) is 53.5 Å². The average Bonchev–Trinajstić information content (AvgIpc) is 3.09. The predicted octanol–water partition coefficient (Wildman–Crippen LogP) is 4.35. The van der Waals surface area contributed by atoms with Gasteiger partial charge in [0, 0.05) is 49.5 Å². The molecule has 0 amide bonds. The first-order valence-corrected chi connectivity index (χ1v) is 12.1. The number of hydrogen-bond acceptors (Lipinski definition) is 5. The summed E-state index contributed by atoms with van der Waals surface area (Å²) in [4.78, 5) is 37.2. The van der Waals surface area contributed by atoms with Crippen LogP contribution >= 0.6 is 0 Å². The van der Waals surface area contributed by atoms with Crippen molar-refractivity contribution < 1.29 is 9.59 Å². The van der Waals surface area contributed by atoms with Gasteiger partial charge in [0.1, 0.15) is 0 Å². The van der Waals surface area contributed by atoms with Crippen LogP contribution in [-0.4, -0.2) is 52.5 Å². The highest BCUT2D eigenvalue weighted by atomic mass is 16.2. The first kappa shape index (κ1) is 22.6. The fourth-order valence-corrected chi connectivity index (χ4v) is 5.38. The number of rotatable bonds is 5. The molecule has 0 atom stereocenters. The molecule has 34 heavy (non-hydrogen) atoms. The highest BCUT2D eigenvalue weighted by Gasteiger charge is 2.59. The molecule has 0 radical (unpaired) electrons. The van der Waals surface area contributed by atoms with Crippen molar-refractivity contribution in [1.29, 1.82) is 0 Å². The number of hydrogen-bond donors (Lipinski definition) is 0. The molecule has 0 bridgehead atoms. The summed E-state index contributed by atoms with van der Waals surface area (Å²) in [5, 5.41) is 0. The maximum Gasteiger partial charge on any atom is 0.198 e. The fourth-order valence-electron chi connectivity index (χ4n) is 5.38. The van der Waals surface area contributed by atoms with Crippen LogP contribution in [0.5, 0.6) is 0 Å². The molecule has 0 unspecified atom stereocenters. The Morgan fingerprint density at radius 2 is 1.53 bits per heavy atom. The molecule has 2 heterocycles. The summed E-state index contributed by atoms with van der Waals surface area (Å²) in [6.07, 6.45) is 0.753. The Kier molecular flexibility index (Phi) is 5.92. The lowest BCUT2D eigenvalue weighted by Crippen LogP contribution is -2.60. The van der Waals surface area contributed by atoms with E-state index in [9.17, 15) is 9.59 Å². The van der Waals surface area contributed by atoms with Gasteiger partial charge in [0.25, 0.3) is 0 Å². The van der Waals surface area contributed by atoms with Crippen molar-refractivity contribution in [2.75, 3.05) is 26.2 Å². The number of benzene rings is 2. The summed E-state index contributed by atoms with van der Waals surface area (Å²) in [6, 6.07) is 19.5. The Balaban J connectivity index is 1.48. The van der Waals surface area contributed by atoms with Gasteiger partial charge in [-0.2, -0.15) is 0 Å². The van der Waals surface area contributed by atoms with E-state index >= 15 is 0 Å². The molecular formula is C29H31N3O2. The maximum absolute atomic E-state index is 14.0. The normalized spacial score (nSPS) is 18.3. The van der Waals surface area contributed by atoms with Gasteiger partial charge in [-0.3, -0.25) is 24.4 Å². The largest absolute Gasteiger partial charge is 0.297 e. The lowest BCUT2D eigenvalue weighted by Gasteiger charge is -2.43. The number of carbonyl (C=O) groups excluding carboxylic acids is 2. The number of pyridine rings is 1. The Morgan fingerprint density at radius 1 is 0.853 bits per heavy atom. The van der Waals surface area contributed by atoms with Crippen LogP contribution in [0.3, 0.4) is 0 Å². The number of fused-ring (bicyclic) bond motifs is 1. The van der Waals surface area contributed by atoms with Gasteiger partial charge in [-0.1, -0.05) is 61.0 Å². The first-order chi connectivity index (χ1) is 16.4. The third kappa shape index (κ3) is 3.60. The van der Waals surface area contributed by atoms with Crippen LogP contribution in [0.15, 0.2) is 60.7 Å². The smallest absolute Gasteiger partial charge is 0.198 e. The molecule has 1 fully saturated rings. The van der Waals surface area contributed by atoms with Crippen LogP contribution < -0.4 is 0 Å². The quantitative estimate of drug-likeness (QED) is 0.538. The standard InChI is InChI=1S/C29H31N3O2/c1-4-23-8-7-11-26(30-23)29(27(33)24-9-5-6-10-25(24)28(29)34)32-16-14-31(15-17-32)19-22-18-20(2)12-13-21(22)3/h5-13,18H,4,14-17,19H2,1-3H3. The Bertz CT molecular complexity index is 1220. The van der Waals surface area contributed by atoms with E-state index in [4.69, 9.17) is 4.98 Å². The van der Waals surface area contributed by atoms with Crippen LogP contribution in [0.25, 0.3) is 0 Å². The number of ketones is 2. The van der Waals surface area contributed by atoms with Gasteiger partial charge in [-0.15, -0.1) is 0 Å². The molecular weight excluding hydrogens is 422 g/mol. The van der Waals surface area contributed by atoms with Crippen molar-refractivity contribution in [1.82, 2.24) is 14.8 Å². The Labute approximate surface area is 201 Å². The lowest BCUT2D eigenvalue weighted by molar-refractivity contribution is 0.0266. The van der Waals surface area contributed by atoms with E-state index < -0.39 is 5.54 Å². The molecule has 1 aliphatic carbocycles. The Hall–Kier alpha value is -3.15. The molecule has 1 aliphatic heterocycles. The first-order valence-electron chi connectivity index (χ1n) is 12.1. The highest BCUT2D eigenvalue weighted by Crippen LogP contribution is 2.42. The minimum absolute atomic E-state index is 0.142. The van der Waals surface area contributed by atoms with Gasteiger partial charge < -0.3 is 0 Å². The van der Waals surface area contributed by atoms with Crippen LogP contribution in [0, 0.1) is 13.8 Å². The molecule has 0 N–H and O–H groups in total. The molecule has 5 heteroatoms. The van der Waals surface area contributed by atoms with Crippen LogP contribution in [-0.2, 0) is 18.5 Å². The second-order valence-corrected chi connectivity index (χ2v) is 9.48. The minimum atomic E-state index is -1.37. The van der Waals surface area contributed by atoms with Crippen molar-refractivity contribution >= 4 is 11.6 Å². The number of aromatic nitrogens is 1. The lowest BCUT2D eigenvalue weighted by atomic mass is 9.85. The van der Waals surface area contributed by atoms with Crippen LogP contribution in [0.1, 0.15) is 55.7 Å². The molecule has 0 saturated carbocycles. The van der Waals surface area contributed by atoms with Gasteiger partial charge in [-0.05, 0) is 43.5 Å². The second-order valence-electron chi connectivity index (χ2n) is 9.48. The van der Waals surface area contributed by atoms with Gasteiger partial charge in [0.2, 0.25) is 0 Å². The molecule has 5 nitrogen and oxygen atoms in total. The fraction of sp³-hybridized carbons (Fsp3) is 0.345. The van der Waals surface area contributed by atoms with Gasteiger partial charge in [0.05, 0.1) is 5.69 Å². The van der Waals surface area contributed by atoms with E-state index in [2.05, 4.69) is 41.8 Å². The SMILES string of the molecule is CCc1cccc(C2(N3CCN(Cc4cc(C)ccc4C)CC3)C(=O)c3ccccc3C2=O)n1. The number of nitrogens with zero attached hydrogens (tertiary/aromatic N) is 3. The van der Waals surface area contributed by atoms with Crippen molar-refractivity contribution in [3.05, 3.63) is 99.9 Å². The average molecular weight is 454 g/mol. The summed E-state index contributed by atoms with van der Waals surface area (Å²) in [5.41, 5.74) is 4.98. The number of carbonyl (C=O) groups is 2. The van der Waals surface area contributed by atoms with Crippen LogP contribution in [0.2, 0.25) is 0 Å². The zero-order valence-corrected chi connectivity index (χ0v) is 20.2. The maximum atomic E-state index is 14.0. The summed E-state index contributed by atoms with van der Waals surface area (Å²) in [6.45, 7) is 10.0. The van der Waals surface area contributed by atoms with Crippen molar-refractivity contribution in [3.8, 4) is 0 Å². The van der Waals surface area contributed by atoms with Gasteiger partial charge in [0.15, 0.2) is 17.1 Å². The molecule has 1 saturated heterocycles. The highest BCUT2D eigenvalue weighted by molar-refractivity contribution is 6.32. The molecule has 174 valence electrons. The van der Waals surface area contributed by atoms with E-state index in [1.807, 2.05) is 37.3 Å². The van der Waals surface area contributed by atoms with E-state index in [1.54, 1.807) is 12.1 Å². The predicted molar refractivity (Wildman–Crippen MR) is 133 cm³/mol. The van der Waals surface area contributed by atoms with Crippen molar-refractivity contribution in [3.63, 3.8) is 0 Å². The molecule has 1 aromatic heterocycles. The van der Waals surface area contributed by atoms with Crippen molar-refractivity contribution in [2.45, 2.75) is 39.3 Å². The number of aryl methyl sites for hydroxylation is 3. The molecule has 2 aliphatic rings. The van der Waals surface area contributed by atoms with Gasteiger partial charge >= 0.3 is 0 Å². The van der Waals surface area contributed by atoms with Crippen molar-refractivity contribution in [2.24, 2.45) is 0 Å². The second kappa shape index (κ2) is 8.90. The molecule has 3 aromatic rings. The summed E-state index contributed by atoms with van der Waals surface area (Å²) < 4.78 is 0. The summed E-state index contributed by atoms with van der Waals surface area (Å²) in [5.74, 6) is -0.284. The molecule has 2 aromatic carbocycles. The van der Waals surface area contributed by atoms with E-state index in [0.717, 1.165) is 31.7 Å². The monoisotopic (exact) mass is 453 g/mol. The number of piperazine rings is 1. The molecule has 0 spiro atoms.